The van der Waals surface area contributed by atoms with Gasteiger partial charge in [0.25, 0.3) is 0 Å². The lowest BCUT2D eigenvalue weighted by molar-refractivity contribution is 0.0980. The molecule has 0 spiro atoms. The Balaban J connectivity index is 2.54. The van der Waals surface area contributed by atoms with Gasteiger partial charge >= 0.3 is 0 Å². The fourth-order valence-corrected chi connectivity index (χ4v) is 1.33. The quantitative estimate of drug-likeness (QED) is 0.404. The van der Waals surface area contributed by atoms with Crippen LogP contribution in [0, 0.1) is 0 Å². The number of unbranched alkanes of at least 4 members (excludes halogenated alkanes) is 1. The van der Waals surface area contributed by atoms with Gasteiger partial charge in [0.05, 0.1) is 7.11 Å². The maximum atomic E-state index is 11.6. The van der Waals surface area contributed by atoms with Crippen LogP contribution in [0.4, 0.5) is 0 Å². The van der Waals surface area contributed by atoms with E-state index in [1.807, 2.05) is 6.08 Å². The zero-order valence-corrected chi connectivity index (χ0v) is 9.03. The molecule has 0 fully saturated rings. The Kier molecular flexibility index (Phi) is 4.61. The zero-order chi connectivity index (χ0) is 11.1. The summed E-state index contributed by atoms with van der Waals surface area (Å²) in [4.78, 5) is 11.6. The summed E-state index contributed by atoms with van der Waals surface area (Å²) in [5.41, 5.74) is 0.750. The van der Waals surface area contributed by atoms with Crippen LogP contribution in [-0.4, -0.2) is 12.9 Å². The predicted molar refractivity (Wildman–Crippen MR) is 61.4 cm³/mol. The first-order valence-electron chi connectivity index (χ1n) is 5.06. The summed E-state index contributed by atoms with van der Waals surface area (Å²) in [6.07, 6.45) is 4.18. The second-order valence-electron chi connectivity index (χ2n) is 3.33. The molecule has 0 N–H and O–H groups in total. The van der Waals surface area contributed by atoms with Crippen LogP contribution in [0.25, 0.3) is 0 Å². The highest BCUT2D eigenvalue weighted by Gasteiger charge is 2.04. The number of allylic oxidation sites excluding steroid dienone is 1. The van der Waals surface area contributed by atoms with Gasteiger partial charge in [-0.25, -0.2) is 0 Å². The van der Waals surface area contributed by atoms with Crippen LogP contribution in [0.2, 0.25) is 0 Å². The number of methoxy groups -OCH3 is 1. The molecule has 0 aliphatic rings. The molecule has 0 atom stereocenters. The van der Waals surface area contributed by atoms with Gasteiger partial charge in [-0.05, 0) is 37.1 Å². The monoisotopic (exact) mass is 204 g/mol. The number of hydrogen-bond acceptors (Lipinski definition) is 2. The molecule has 2 nitrogen and oxygen atoms in total. The Hall–Kier alpha value is -1.57. The molecular weight excluding hydrogens is 188 g/mol. The van der Waals surface area contributed by atoms with E-state index in [2.05, 4.69) is 6.58 Å². The summed E-state index contributed by atoms with van der Waals surface area (Å²) < 4.78 is 5.02. The van der Waals surface area contributed by atoms with Crippen LogP contribution in [0.5, 0.6) is 5.75 Å². The van der Waals surface area contributed by atoms with Crippen molar-refractivity contribution >= 4 is 5.78 Å². The third-order valence-electron chi connectivity index (χ3n) is 2.22. The number of ketones is 1. The number of benzene rings is 1. The first kappa shape index (κ1) is 11.5. The standard InChI is InChI=1S/C13H16O2/c1-3-4-5-6-13(14)11-7-9-12(15-2)10-8-11/h3,7-10H,1,4-6H2,2H3. The molecule has 0 saturated heterocycles. The number of carbonyl (C=O) groups excluding carboxylic acids is 1. The lowest BCUT2D eigenvalue weighted by Crippen LogP contribution is -1.98. The van der Waals surface area contributed by atoms with E-state index in [4.69, 9.17) is 4.74 Å². The van der Waals surface area contributed by atoms with Crippen molar-refractivity contribution in [3.8, 4) is 5.75 Å². The molecule has 0 radical (unpaired) electrons. The minimum absolute atomic E-state index is 0.180. The van der Waals surface area contributed by atoms with Crippen molar-refractivity contribution in [2.75, 3.05) is 7.11 Å². The highest BCUT2D eigenvalue weighted by atomic mass is 16.5. The summed E-state index contributed by atoms with van der Waals surface area (Å²) >= 11 is 0. The number of hydrogen-bond donors (Lipinski definition) is 0. The van der Waals surface area contributed by atoms with Crippen molar-refractivity contribution in [1.29, 1.82) is 0 Å². The molecule has 15 heavy (non-hydrogen) atoms. The molecule has 0 aliphatic heterocycles. The number of rotatable bonds is 6. The average Bonchev–Trinajstić information content (AvgIpc) is 2.29. The Labute approximate surface area is 90.6 Å². The predicted octanol–water partition coefficient (Wildman–Crippen LogP) is 3.23. The van der Waals surface area contributed by atoms with Gasteiger partial charge in [-0.3, -0.25) is 4.79 Å². The van der Waals surface area contributed by atoms with Crippen LogP contribution in [0.3, 0.4) is 0 Å². The molecule has 0 bridgehead atoms. The molecule has 0 heterocycles. The molecule has 80 valence electrons. The average molecular weight is 204 g/mol. The summed E-state index contributed by atoms with van der Waals surface area (Å²) in [6.45, 7) is 3.63. The normalized spacial score (nSPS) is 9.67. The van der Waals surface area contributed by atoms with Gasteiger partial charge in [0, 0.05) is 12.0 Å². The summed E-state index contributed by atoms with van der Waals surface area (Å²) in [6, 6.07) is 7.21. The summed E-state index contributed by atoms with van der Waals surface area (Å²) in [5, 5.41) is 0. The fraction of sp³-hybridized carbons (Fsp3) is 0.308. The van der Waals surface area contributed by atoms with Crippen molar-refractivity contribution in [3.63, 3.8) is 0 Å². The molecule has 2 heteroatoms. The second kappa shape index (κ2) is 6.02. The van der Waals surface area contributed by atoms with Crippen LogP contribution in [0.15, 0.2) is 36.9 Å². The lowest BCUT2D eigenvalue weighted by Gasteiger charge is -2.02. The van der Waals surface area contributed by atoms with Gasteiger partial charge in [-0.2, -0.15) is 0 Å². The lowest BCUT2D eigenvalue weighted by atomic mass is 10.1. The van der Waals surface area contributed by atoms with Gasteiger partial charge in [0.2, 0.25) is 0 Å². The van der Waals surface area contributed by atoms with E-state index in [1.165, 1.54) is 0 Å². The molecule has 0 aliphatic carbocycles. The summed E-state index contributed by atoms with van der Waals surface area (Å²) in [7, 11) is 1.61. The van der Waals surface area contributed by atoms with E-state index in [0.29, 0.717) is 6.42 Å². The topological polar surface area (TPSA) is 26.3 Å². The fourth-order valence-electron chi connectivity index (χ4n) is 1.33. The van der Waals surface area contributed by atoms with Crippen molar-refractivity contribution in [2.24, 2.45) is 0 Å². The first-order chi connectivity index (χ1) is 7.27. The van der Waals surface area contributed by atoms with E-state index < -0.39 is 0 Å². The van der Waals surface area contributed by atoms with Crippen molar-refractivity contribution in [2.45, 2.75) is 19.3 Å². The maximum absolute atomic E-state index is 11.6. The highest BCUT2D eigenvalue weighted by Crippen LogP contribution is 2.13. The van der Waals surface area contributed by atoms with E-state index in [9.17, 15) is 4.79 Å². The highest BCUT2D eigenvalue weighted by molar-refractivity contribution is 5.96. The molecule has 1 aromatic carbocycles. The zero-order valence-electron chi connectivity index (χ0n) is 9.03. The van der Waals surface area contributed by atoms with Gasteiger partial charge in [-0.15, -0.1) is 6.58 Å². The Bertz CT molecular complexity index is 325. The molecule has 0 amide bonds. The van der Waals surface area contributed by atoms with Crippen molar-refractivity contribution in [1.82, 2.24) is 0 Å². The van der Waals surface area contributed by atoms with Crippen LogP contribution in [-0.2, 0) is 0 Å². The van der Waals surface area contributed by atoms with Crippen LogP contribution < -0.4 is 4.74 Å². The van der Waals surface area contributed by atoms with E-state index in [1.54, 1.807) is 31.4 Å². The number of Topliss-reactive ketones (excluding diaryl/α,β-unsaturated/α-hetero) is 1. The number of carbonyl (C=O) groups is 1. The van der Waals surface area contributed by atoms with Crippen LogP contribution >= 0.6 is 0 Å². The van der Waals surface area contributed by atoms with Gasteiger partial charge in [-0.1, -0.05) is 6.08 Å². The number of ether oxygens (including phenoxy) is 1. The minimum Gasteiger partial charge on any atom is -0.497 e. The molecular formula is C13H16O2. The largest absolute Gasteiger partial charge is 0.497 e. The maximum Gasteiger partial charge on any atom is 0.162 e. The first-order valence-corrected chi connectivity index (χ1v) is 5.06. The Morgan fingerprint density at radius 1 is 1.40 bits per heavy atom. The smallest absolute Gasteiger partial charge is 0.162 e. The van der Waals surface area contributed by atoms with E-state index in [0.717, 1.165) is 24.2 Å². The molecule has 0 unspecified atom stereocenters. The third-order valence-corrected chi connectivity index (χ3v) is 2.22. The minimum atomic E-state index is 0.180. The Morgan fingerprint density at radius 3 is 2.60 bits per heavy atom. The van der Waals surface area contributed by atoms with E-state index >= 15 is 0 Å². The molecule has 1 aromatic rings. The molecule has 1 rings (SSSR count). The van der Waals surface area contributed by atoms with Gasteiger partial charge < -0.3 is 4.74 Å². The van der Waals surface area contributed by atoms with Crippen LogP contribution in [0.1, 0.15) is 29.6 Å². The van der Waals surface area contributed by atoms with Crippen molar-refractivity contribution < 1.29 is 9.53 Å². The summed E-state index contributed by atoms with van der Waals surface area (Å²) in [5.74, 6) is 0.956. The van der Waals surface area contributed by atoms with E-state index in [-0.39, 0.29) is 5.78 Å². The third kappa shape index (κ3) is 3.58. The van der Waals surface area contributed by atoms with Gasteiger partial charge in [0.15, 0.2) is 5.78 Å². The second-order valence-corrected chi connectivity index (χ2v) is 3.33. The van der Waals surface area contributed by atoms with Crippen molar-refractivity contribution in [3.05, 3.63) is 42.5 Å². The molecule has 0 aromatic heterocycles. The van der Waals surface area contributed by atoms with Gasteiger partial charge in [0.1, 0.15) is 5.75 Å². The Morgan fingerprint density at radius 2 is 2.07 bits per heavy atom. The SMILES string of the molecule is C=CCCCC(=O)c1ccc(OC)cc1. The molecule has 0 saturated carbocycles.